The Morgan fingerprint density at radius 1 is 1.57 bits per heavy atom. The van der Waals surface area contributed by atoms with Crippen molar-refractivity contribution in [3.8, 4) is 10.6 Å². The largest absolute Gasteiger partial charge is 0.354 e. The van der Waals surface area contributed by atoms with E-state index in [1.54, 1.807) is 18.4 Å². The van der Waals surface area contributed by atoms with Crippen molar-refractivity contribution in [1.82, 2.24) is 14.9 Å². The van der Waals surface area contributed by atoms with Crippen LogP contribution >= 0.6 is 22.9 Å². The summed E-state index contributed by atoms with van der Waals surface area (Å²) in [4.78, 5) is 12.9. The Kier molecular flexibility index (Phi) is 2.55. The minimum Gasteiger partial charge on any atom is -0.354 e. The summed E-state index contributed by atoms with van der Waals surface area (Å²) in [5.41, 5.74) is 0.671. The molecule has 4 nitrogen and oxygen atoms in total. The Morgan fingerprint density at radius 2 is 2.43 bits per heavy atom. The van der Waals surface area contributed by atoms with Gasteiger partial charge in [-0.15, -0.1) is 16.4 Å². The van der Waals surface area contributed by atoms with Crippen molar-refractivity contribution in [1.29, 1.82) is 0 Å². The van der Waals surface area contributed by atoms with Gasteiger partial charge < -0.3 is 5.32 Å². The summed E-state index contributed by atoms with van der Waals surface area (Å²) in [6.07, 6.45) is 0. The first-order valence-corrected chi connectivity index (χ1v) is 5.56. The van der Waals surface area contributed by atoms with E-state index in [-0.39, 0.29) is 5.91 Å². The zero-order chi connectivity index (χ0) is 9.97. The number of nitrogens with one attached hydrogen (secondary N) is 1. The van der Waals surface area contributed by atoms with Gasteiger partial charge in [0.2, 0.25) is 0 Å². The van der Waals surface area contributed by atoms with Crippen molar-refractivity contribution in [3.05, 3.63) is 22.4 Å². The van der Waals surface area contributed by atoms with Crippen LogP contribution in [0.5, 0.6) is 0 Å². The third-order valence-corrected chi connectivity index (χ3v) is 3.28. The predicted octanol–water partition coefficient (Wildman–Crippen LogP) is 1.63. The molecule has 0 aliphatic carbocycles. The van der Waals surface area contributed by atoms with Gasteiger partial charge in [-0.3, -0.25) is 4.79 Å². The minimum absolute atomic E-state index is 0.136. The molecule has 0 saturated carbocycles. The van der Waals surface area contributed by atoms with Gasteiger partial charge in [0.1, 0.15) is 10.6 Å². The average Bonchev–Trinajstić information content (AvgIpc) is 2.85. The molecule has 0 saturated heterocycles. The molecule has 0 fully saturated rings. The summed E-state index contributed by atoms with van der Waals surface area (Å²) in [7, 11) is 1.60. The molecule has 0 spiro atoms. The van der Waals surface area contributed by atoms with E-state index in [9.17, 15) is 4.79 Å². The van der Waals surface area contributed by atoms with E-state index in [0.29, 0.717) is 10.6 Å². The topological polar surface area (TPSA) is 54.9 Å². The number of aromatic nitrogens is 2. The number of rotatable bonds is 2. The lowest BCUT2D eigenvalue weighted by atomic mass is 10.3. The van der Waals surface area contributed by atoms with Crippen molar-refractivity contribution in [2.75, 3.05) is 7.05 Å². The zero-order valence-electron chi connectivity index (χ0n) is 7.35. The van der Waals surface area contributed by atoms with Crippen LogP contribution in [0.25, 0.3) is 10.6 Å². The maximum atomic E-state index is 11.4. The number of carbonyl (C=O) groups is 1. The molecule has 14 heavy (non-hydrogen) atoms. The first-order valence-electron chi connectivity index (χ1n) is 3.91. The number of hydrogen-bond donors (Lipinski definition) is 1. The molecule has 72 valence electrons. The highest BCUT2D eigenvalue weighted by Crippen LogP contribution is 2.27. The van der Waals surface area contributed by atoms with E-state index in [1.165, 1.54) is 0 Å². The van der Waals surface area contributed by atoms with Crippen LogP contribution in [0.2, 0.25) is 0 Å². The lowest BCUT2D eigenvalue weighted by Crippen LogP contribution is -2.17. The zero-order valence-corrected chi connectivity index (χ0v) is 8.98. The average molecular weight is 225 g/mol. The second-order valence-electron chi connectivity index (χ2n) is 2.51. The lowest BCUT2D eigenvalue weighted by Gasteiger charge is -1.95. The highest BCUT2D eigenvalue weighted by Gasteiger charge is 2.16. The number of nitrogens with zero attached hydrogens (tertiary/aromatic N) is 2. The quantitative estimate of drug-likeness (QED) is 0.845. The molecule has 0 aliphatic heterocycles. The van der Waals surface area contributed by atoms with Crippen LogP contribution in [-0.4, -0.2) is 22.5 Å². The van der Waals surface area contributed by atoms with Gasteiger partial charge in [-0.25, -0.2) is 0 Å². The van der Waals surface area contributed by atoms with Crippen LogP contribution in [0.1, 0.15) is 9.67 Å². The summed E-state index contributed by atoms with van der Waals surface area (Å²) in [6, 6.07) is 3.85. The highest BCUT2D eigenvalue weighted by atomic mass is 32.1. The molecule has 2 rings (SSSR count). The fourth-order valence-electron chi connectivity index (χ4n) is 1.03. The van der Waals surface area contributed by atoms with E-state index >= 15 is 0 Å². The van der Waals surface area contributed by atoms with Gasteiger partial charge in [-0.2, -0.15) is 0 Å². The van der Waals surface area contributed by atoms with Gasteiger partial charge in [-0.05, 0) is 23.0 Å². The fraction of sp³-hybridized carbons (Fsp3) is 0.125. The standard InChI is InChI=1S/C8H7N3OS2/c1-9-8(12)7-6(10-11-14-7)5-3-2-4-13-5/h2-4H,1H3,(H,9,12). The monoisotopic (exact) mass is 225 g/mol. The number of carbonyl (C=O) groups excluding carboxylic acids is 1. The van der Waals surface area contributed by atoms with E-state index in [0.717, 1.165) is 16.4 Å². The molecule has 2 aromatic rings. The van der Waals surface area contributed by atoms with Crippen LogP contribution in [-0.2, 0) is 0 Å². The molecule has 0 aliphatic rings. The molecule has 6 heteroatoms. The van der Waals surface area contributed by atoms with Gasteiger partial charge in [0.15, 0.2) is 0 Å². The third kappa shape index (κ3) is 1.53. The highest BCUT2D eigenvalue weighted by molar-refractivity contribution is 7.14. The molecule has 1 N–H and O–H groups in total. The Morgan fingerprint density at radius 3 is 3.07 bits per heavy atom. The van der Waals surface area contributed by atoms with Gasteiger partial charge in [-0.1, -0.05) is 10.6 Å². The molecule has 0 aromatic carbocycles. The van der Waals surface area contributed by atoms with Crippen LogP contribution < -0.4 is 5.32 Å². The SMILES string of the molecule is CNC(=O)c1snnc1-c1cccs1. The Labute approximate surface area is 88.8 Å². The van der Waals surface area contributed by atoms with Gasteiger partial charge in [0.05, 0.1) is 4.88 Å². The molecule has 0 bridgehead atoms. The Bertz CT molecular complexity index is 435. The van der Waals surface area contributed by atoms with Crippen molar-refractivity contribution < 1.29 is 4.79 Å². The molecule has 0 radical (unpaired) electrons. The van der Waals surface area contributed by atoms with Crippen molar-refractivity contribution in [2.45, 2.75) is 0 Å². The molecule has 1 amide bonds. The lowest BCUT2D eigenvalue weighted by molar-refractivity contribution is 0.0967. The van der Waals surface area contributed by atoms with E-state index in [1.807, 2.05) is 17.5 Å². The summed E-state index contributed by atoms with van der Waals surface area (Å²) in [5, 5.41) is 8.46. The predicted molar refractivity (Wildman–Crippen MR) is 56.6 cm³/mol. The van der Waals surface area contributed by atoms with Gasteiger partial charge in [0.25, 0.3) is 5.91 Å². The second-order valence-corrected chi connectivity index (χ2v) is 4.21. The smallest absolute Gasteiger partial charge is 0.265 e. The normalized spacial score (nSPS) is 10.1. The minimum atomic E-state index is -0.136. The molecular weight excluding hydrogens is 218 g/mol. The van der Waals surface area contributed by atoms with Crippen LogP contribution in [0.4, 0.5) is 0 Å². The van der Waals surface area contributed by atoms with Gasteiger partial charge in [0, 0.05) is 7.05 Å². The van der Waals surface area contributed by atoms with Gasteiger partial charge >= 0.3 is 0 Å². The summed E-state index contributed by atoms with van der Waals surface area (Å²) < 4.78 is 3.78. The molecule has 0 atom stereocenters. The first-order chi connectivity index (χ1) is 6.83. The second kappa shape index (κ2) is 3.85. The summed E-state index contributed by atoms with van der Waals surface area (Å²) in [5.74, 6) is -0.136. The van der Waals surface area contributed by atoms with Crippen molar-refractivity contribution >= 4 is 28.8 Å². The van der Waals surface area contributed by atoms with E-state index in [2.05, 4.69) is 14.9 Å². The maximum Gasteiger partial charge on any atom is 0.265 e. The van der Waals surface area contributed by atoms with Crippen LogP contribution in [0, 0.1) is 0 Å². The Hall–Kier alpha value is -1.27. The molecule has 2 aromatic heterocycles. The summed E-state index contributed by atoms with van der Waals surface area (Å²) >= 11 is 2.66. The number of hydrogen-bond acceptors (Lipinski definition) is 5. The summed E-state index contributed by atoms with van der Waals surface area (Å²) in [6.45, 7) is 0. The van der Waals surface area contributed by atoms with Crippen molar-refractivity contribution in [2.24, 2.45) is 0 Å². The first kappa shape index (κ1) is 9.29. The fourth-order valence-corrected chi connectivity index (χ4v) is 2.43. The molecular formula is C8H7N3OS2. The number of thiophene rings is 1. The van der Waals surface area contributed by atoms with Crippen molar-refractivity contribution in [3.63, 3.8) is 0 Å². The molecule has 0 unspecified atom stereocenters. The van der Waals surface area contributed by atoms with Crippen LogP contribution in [0.3, 0.4) is 0 Å². The van der Waals surface area contributed by atoms with Crippen LogP contribution in [0.15, 0.2) is 17.5 Å². The molecule has 2 heterocycles. The third-order valence-electron chi connectivity index (χ3n) is 1.68. The van der Waals surface area contributed by atoms with E-state index < -0.39 is 0 Å². The Balaban J connectivity index is 2.45. The van der Waals surface area contributed by atoms with E-state index in [4.69, 9.17) is 0 Å². The number of amides is 1. The maximum absolute atomic E-state index is 11.4.